The highest BCUT2D eigenvalue weighted by atomic mass is 19.1. The number of hydrogen-bond donors (Lipinski definition) is 1. The largest absolute Gasteiger partial charge is 0.352 e. The van der Waals surface area contributed by atoms with E-state index in [0.29, 0.717) is 12.6 Å². The second kappa shape index (κ2) is 10.0. The van der Waals surface area contributed by atoms with Crippen molar-refractivity contribution in [3.8, 4) is 0 Å². The van der Waals surface area contributed by atoms with Crippen LogP contribution in [0.2, 0.25) is 0 Å². The highest BCUT2D eigenvalue weighted by Crippen LogP contribution is 2.31. The number of fused-ring (bicyclic) bond motifs is 1. The van der Waals surface area contributed by atoms with Gasteiger partial charge in [-0.15, -0.1) is 0 Å². The van der Waals surface area contributed by atoms with Gasteiger partial charge in [0, 0.05) is 61.8 Å². The number of nitroso groups, excluding NO2 is 1. The second-order valence-corrected chi connectivity index (χ2v) is 8.56. The van der Waals surface area contributed by atoms with Crippen molar-refractivity contribution in [2.24, 2.45) is 5.18 Å². The number of aromatic nitrogens is 1. The molecule has 1 amide bonds. The molecule has 6 nitrogen and oxygen atoms in total. The number of benzene rings is 2. The van der Waals surface area contributed by atoms with Crippen LogP contribution in [0.3, 0.4) is 0 Å². The summed E-state index contributed by atoms with van der Waals surface area (Å²) in [5.41, 5.74) is 4.23. The lowest BCUT2D eigenvalue weighted by atomic mass is 10.0. The van der Waals surface area contributed by atoms with Gasteiger partial charge in [-0.25, -0.2) is 4.39 Å². The molecular weight excluding hydrogens is 407 g/mol. The summed E-state index contributed by atoms with van der Waals surface area (Å²) < 4.78 is 15.4. The minimum Gasteiger partial charge on any atom is -0.352 e. The van der Waals surface area contributed by atoms with Gasteiger partial charge in [-0.1, -0.05) is 29.4 Å². The number of rotatable bonds is 8. The van der Waals surface area contributed by atoms with Gasteiger partial charge in [-0.3, -0.25) is 4.79 Å². The van der Waals surface area contributed by atoms with E-state index >= 15 is 0 Å². The molecule has 4 rings (SSSR count). The molecular formula is C25H29FN4O2. The fourth-order valence-electron chi connectivity index (χ4n) is 4.56. The van der Waals surface area contributed by atoms with Crippen molar-refractivity contribution in [1.29, 1.82) is 0 Å². The molecule has 1 N–H and O–H groups in total. The van der Waals surface area contributed by atoms with E-state index in [1.807, 2.05) is 24.3 Å². The zero-order valence-electron chi connectivity index (χ0n) is 18.4. The predicted molar refractivity (Wildman–Crippen MR) is 124 cm³/mol. The van der Waals surface area contributed by atoms with Gasteiger partial charge >= 0.3 is 0 Å². The summed E-state index contributed by atoms with van der Waals surface area (Å²) in [6.07, 6.45) is 5.04. The van der Waals surface area contributed by atoms with E-state index in [1.54, 1.807) is 0 Å². The molecule has 0 saturated carbocycles. The molecule has 168 valence electrons. The summed E-state index contributed by atoms with van der Waals surface area (Å²) in [4.78, 5) is 24.7. The monoisotopic (exact) mass is 436 g/mol. The first-order valence-electron chi connectivity index (χ1n) is 11.2. The smallest absolute Gasteiger partial charge is 0.217 e. The Hall–Kier alpha value is -3.06. The van der Waals surface area contributed by atoms with E-state index in [9.17, 15) is 14.1 Å². The van der Waals surface area contributed by atoms with Crippen molar-refractivity contribution in [1.82, 2.24) is 14.8 Å². The van der Waals surface area contributed by atoms with Crippen molar-refractivity contribution in [3.05, 3.63) is 76.1 Å². The minimum atomic E-state index is -0.196. The van der Waals surface area contributed by atoms with E-state index in [-0.39, 0.29) is 18.3 Å². The van der Waals surface area contributed by atoms with Crippen LogP contribution in [0.15, 0.2) is 53.8 Å². The summed E-state index contributed by atoms with van der Waals surface area (Å²) in [6.45, 7) is 5.12. The van der Waals surface area contributed by atoms with Crippen LogP contribution in [-0.2, 0) is 24.3 Å². The third-order valence-corrected chi connectivity index (χ3v) is 6.34. The number of halogens is 1. The molecule has 1 fully saturated rings. The normalized spacial score (nSPS) is 15.2. The highest BCUT2D eigenvalue weighted by molar-refractivity contribution is 5.85. The number of carbonyl (C=O) groups is 1. The molecule has 7 heteroatoms. The lowest BCUT2D eigenvalue weighted by Crippen LogP contribution is -2.35. The van der Waals surface area contributed by atoms with E-state index < -0.39 is 0 Å². The molecule has 1 saturated heterocycles. The third kappa shape index (κ3) is 5.22. The third-order valence-electron chi connectivity index (χ3n) is 6.34. The van der Waals surface area contributed by atoms with Gasteiger partial charge in [0.05, 0.1) is 0 Å². The zero-order valence-corrected chi connectivity index (χ0v) is 18.4. The van der Waals surface area contributed by atoms with Gasteiger partial charge in [0.1, 0.15) is 12.4 Å². The Kier molecular flexibility index (Phi) is 6.95. The summed E-state index contributed by atoms with van der Waals surface area (Å²) in [5.74, 6) is -0.253. The van der Waals surface area contributed by atoms with E-state index in [2.05, 4.69) is 32.2 Å². The first-order chi connectivity index (χ1) is 15.5. The first-order valence-corrected chi connectivity index (χ1v) is 11.2. The van der Waals surface area contributed by atoms with Gasteiger partial charge in [-0.05, 0) is 48.6 Å². The Balaban J connectivity index is 1.45. The number of nitrogens with zero attached hydrogens (tertiary/aromatic N) is 3. The number of carbonyl (C=O) groups excluding carboxylic acids is 1. The maximum Gasteiger partial charge on any atom is 0.217 e. The van der Waals surface area contributed by atoms with Crippen molar-refractivity contribution in [2.45, 2.75) is 45.3 Å². The van der Waals surface area contributed by atoms with Crippen molar-refractivity contribution in [3.63, 3.8) is 0 Å². The van der Waals surface area contributed by atoms with Crippen LogP contribution in [0.25, 0.3) is 10.9 Å². The average molecular weight is 437 g/mol. The average Bonchev–Trinajstić information content (AvgIpc) is 3.16. The van der Waals surface area contributed by atoms with Crippen LogP contribution in [0, 0.1) is 10.7 Å². The van der Waals surface area contributed by atoms with Crippen LogP contribution < -0.4 is 5.32 Å². The molecule has 3 aromatic rings. The summed E-state index contributed by atoms with van der Waals surface area (Å²) in [5, 5.41) is 7.02. The van der Waals surface area contributed by atoms with Crippen molar-refractivity contribution < 1.29 is 9.18 Å². The van der Waals surface area contributed by atoms with Crippen LogP contribution in [0.1, 0.15) is 42.5 Å². The van der Waals surface area contributed by atoms with E-state index in [0.717, 1.165) is 66.5 Å². The Morgan fingerprint density at radius 2 is 1.84 bits per heavy atom. The Morgan fingerprint density at radius 1 is 1.12 bits per heavy atom. The van der Waals surface area contributed by atoms with Crippen LogP contribution in [-0.4, -0.2) is 35.0 Å². The van der Waals surface area contributed by atoms with Gasteiger partial charge < -0.3 is 14.8 Å². The molecule has 32 heavy (non-hydrogen) atoms. The van der Waals surface area contributed by atoms with E-state index in [1.165, 1.54) is 19.1 Å². The standard InChI is InChI=1S/C25H29FN4O2/c1-18(31)27-15-20-4-7-24-21(16-28-32)17-30(25(24)14-20)23-9-12-29(13-10-23)11-8-19-2-5-22(26)6-3-19/h2-7,14,17,23H,8-13,15-16H2,1H3,(H,27,31). The Morgan fingerprint density at radius 3 is 2.53 bits per heavy atom. The topological polar surface area (TPSA) is 66.7 Å². The SMILES string of the molecule is CC(=O)NCc1ccc2c(CN=O)cn(C3CCN(CCc4ccc(F)cc4)CC3)c2c1. The first kappa shape index (κ1) is 22.1. The molecule has 0 aliphatic carbocycles. The van der Waals surface area contributed by atoms with Crippen LogP contribution >= 0.6 is 0 Å². The Bertz CT molecular complexity index is 1090. The molecule has 1 aromatic heterocycles. The predicted octanol–water partition coefficient (Wildman–Crippen LogP) is 4.56. The summed E-state index contributed by atoms with van der Waals surface area (Å²) in [6, 6.07) is 13.2. The molecule has 0 radical (unpaired) electrons. The molecule has 0 spiro atoms. The van der Waals surface area contributed by atoms with Gasteiger partial charge in [0.15, 0.2) is 0 Å². The second-order valence-electron chi connectivity index (χ2n) is 8.56. The number of likely N-dealkylation sites (tertiary alicyclic amines) is 1. The summed E-state index contributed by atoms with van der Waals surface area (Å²) >= 11 is 0. The Labute approximate surface area is 187 Å². The van der Waals surface area contributed by atoms with E-state index in [4.69, 9.17) is 0 Å². The molecule has 2 heterocycles. The molecule has 0 bridgehead atoms. The minimum absolute atomic E-state index is 0.0562. The maximum atomic E-state index is 13.1. The zero-order chi connectivity index (χ0) is 22.5. The molecule has 0 atom stereocenters. The summed E-state index contributed by atoms with van der Waals surface area (Å²) in [7, 11) is 0. The molecule has 2 aromatic carbocycles. The quantitative estimate of drug-likeness (QED) is 0.527. The fraction of sp³-hybridized carbons (Fsp3) is 0.400. The highest BCUT2D eigenvalue weighted by Gasteiger charge is 2.23. The van der Waals surface area contributed by atoms with Crippen molar-refractivity contribution in [2.75, 3.05) is 19.6 Å². The van der Waals surface area contributed by atoms with Gasteiger partial charge in [-0.2, -0.15) is 4.91 Å². The number of hydrogen-bond acceptors (Lipinski definition) is 4. The maximum absolute atomic E-state index is 13.1. The fourth-order valence-corrected chi connectivity index (χ4v) is 4.56. The lowest BCUT2D eigenvalue weighted by molar-refractivity contribution is -0.119. The van der Waals surface area contributed by atoms with Gasteiger partial charge in [0.25, 0.3) is 0 Å². The van der Waals surface area contributed by atoms with Gasteiger partial charge in [0.2, 0.25) is 5.91 Å². The van der Waals surface area contributed by atoms with Crippen LogP contribution in [0.4, 0.5) is 4.39 Å². The molecule has 1 aliphatic heterocycles. The number of piperidine rings is 1. The molecule has 1 aliphatic rings. The lowest BCUT2D eigenvalue weighted by Gasteiger charge is -2.33. The molecule has 0 unspecified atom stereocenters. The number of amides is 1. The number of nitrogens with one attached hydrogen (secondary N) is 1. The van der Waals surface area contributed by atoms with Crippen LogP contribution in [0.5, 0.6) is 0 Å². The van der Waals surface area contributed by atoms with Crippen molar-refractivity contribution >= 4 is 16.8 Å².